The number of aromatic nitrogens is 3. The second-order valence-electron chi connectivity index (χ2n) is 4.66. The van der Waals surface area contributed by atoms with Crippen molar-refractivity contribution in [2.45, 2.75) is 24.5 Å². The molecule has 1 fully saturated rings. The molecule has 3 rings (SSSR count). The number of rotatable bonds is 3. The summed E-state index contributed by atoms with van der Waals surface area (Å²) < 4.78 is 6.49. The average molecular weight is 296 g/mol. The maximum atomic E-state index is 10.9. The summed E-state index contributed by atoms with van der Waals surface area (Å²) in [5.74, 6) is 0. The van der Waals surface area contributed by atoms with Crippen molar-refractivity contribution in [1.82, 2.24) is 15.0 Å². The van der Waals surface area contributed by atoms with Gasteiger partial charge in [0.05, 0.1) is 17.0 Å². The van der Waals surface area contributed by atoms with Crippen LogP contribution in [-0.2, 0) is 4.74 Å². The lowest BCUT2D eigenvalue weighted by molar-refractivity contribution is -0.383. The predicted octanol–water partition coefficient (Wildman–Crippen LogP) is -1.05. The third-order valence-electron chi connectivity index (χ3n) is 3.44. The second kappa shape index (κ2) is 5.00. The van der Waals surface area contributed by atoms with Gasteiger partial charge in [0.15, 0.2) is 11.7 Å². The molecule has 1 aromatic heterocycles. The molecule has 0 spiro atoms. The van der Waals surface area contributed by atoms with Gasteiger partial charge in [0.1, 0.15) is 18.3 Å². The lowest BCUT2D eigenvalue weighted by Gasteiger charge is -2.14. The number of non-ortho nitro benzene ring substituents is 1. The first kappa shape index (κ1) is 13.8. The van der Waals surface area contributed by atoms with Crippen LogP contribution in [0.3, 0.4) is 0 Å². The van der Waals surface area contributed by atoms with Crippen LogP contribution in [0.4, 0.5) is 5.69 Å². The molecule has 21 heavy (non-hydrogen) atoms. The number of benzene rings is 1. The van der Waals surface area contributed by atoms with Crippen LogP contribution < -0.4 is 0 Å². The highest BCUT2D eigenvalue weighted by Crippen LogP contribution is 2.32. The Morgan fingerprint density at radius 2 is 2.14 bits per heavy atom. The Morgan fingerprint density at radius 1 is 1.38 bits per heavy atom. The fourth-order valence-electron chi connectivity index (χ4n) is 2.37. The van der Waals surface area contributed by atoms with Gasteiger partial charge in [0.2, 0.25) is 0 Å². The average Bonchev–Trinajstić information content (AvgIpc) is 3.01. The molecule has 0 radical (unpaired) electrons. The van der Waals surface area contributed by atoms with E-state index in [-0.39, 0.29) is 11.2 Å². The highest BCUT2D eigenvalue weighted by atomic mass is 16.6. The molecule has 0 bridgehead atoms. The van der Waals surface area contributed by atoms with Crippen LogP contribution in [0.15, 0.2) is 18.2 Å². The summed E-state index contributed by atoms with van der Waals surface area (Å²) in [6.45, 7) is -0.471. The van der Waals surface area contributed by atoms with Crippen molar-refractivity contribution in [2.24, 2.45) is 0 Å². The van der Waals surface area contributed by atoms with Crippen molar-refractivity contribution in [3.8, 4) is 0 Å². The number of aliphatic hydroxyl groups excluding tert-OH is 3. The van der Waals surface area contributed by atoms with Crippen molar-refractivity contribution in [1.29, 1.82) is 0 Å². The molecular formula is C11H12N4O6. The topological polar surface area (TPSA) is 144 Å². The minimum Gasteiger partial charge on any atom is -0.394 e. The summed E-state index contributed by atoms with van der Waals surface area (Å²) >= 11 is 0. The van der Waals surface area contributed by atoms with Crippen LogP contribution in [0.5, 0.6) is 0 Å². The summed E-state index contributed by atoms with van der Waals surface area (Å²) in [4.78, 5) is 10.4. The van der Waals surface area contributed by atoms with Gasteiger partial charge in [-0.2, -0.15) is 0 Å². The van der Waals surface area contributed by atoms with Crippen molar-refractivity contribution in [2.75, 3.05) is 6.61 Å². The van der Waals surface area contributed by atoms with E-state index in [0.717, 1.165) is 4.68 Å². The van der Waals surface area contributed by atoms with Gasteiger partial charge in [-0.25, -0.2) is 4.68 Å². The van der Waals surface area contributed by atoms with Crippen molar-refractivity contribution >= 4 is 16.7 Å². The van der Waals surface area contributed by atoms with Gasteiger partial charge in [-0.3, -0.25) is 10.1 Å². The van der Waals surface area contributed by atoms with E-state index in [0.29, 0.717) is 5.52 Å². The Kier molecular flexibility index (Phi) is 3.29. The summed E-state index contributed by atoms with van der Waals surface area (Å²) in [5, 5.41) is 47.2. The fourth-order valence-corrected chi connectivity index (χ4v) is 2.37. The Labute approximate surface area is 117 Å². The van der Waals surface area contributed by atoms with Crippen molar-refractivity contribution in [3.63, 3.8) is 0 Å². The number of hydrogen-bond donors (Lipinski definition) is 3. The fraction of sp³-hybridized carbons (Fsp3) is 0.455. The SMILES string of the molecule is O=[N+]([O-])c1cccc2c1nnn2[C@H]1O[C@@H](CO)[C@@H](O)[C@@H]1O. The third-order valence-corrected chi connectivity index (χ3v) is 3.44. The molecule has 10 nitrogen and oxygen atoms in total. The van der Waals surface area contributed by atoms with Gasteiger partial charge in [0.25, 0.3) is 5.69 Å². The van der Waals surface area contributed by atoms with Gasteiger partial charge < -0.3 is 20.1 Å². The molecule has 0 saturated carbocycles. The smallest absolute Gasteiger partial charge is 0.299 e. The first-order valence-electron chi connectivity index (χ1n) is 6.15. The molecule has 1 aromatic carbocycles. The number of fused-ring (bicyclic) bond motifs is 1. The van der Waals surface area contributed by atoms with Gasteiger partial charge in [-0.1, -0.05) is 11.3 Å². The number of nitrogens with zero attached hydrogens (tertiary/aromatic N) is 4. The Morgan fingerprint density at radius 3 is 2.76 bits per heavy atom. The molecule has 2 aromatic rings. The third kappa shape index (κ3) is 2.05. The zero-order chi connectivity index (χ0) is 15.1. The van der Waals surface area contributed by atoms with E-state index in [1.165, 1.54) is 18.2 Å². The van der Waals surface area contributed by atoms with Crippen LogP contribution >= 0.6 is 0 Å². The summed E-state index contributed by atoms with van der Waals surface area (Å²) in [5.41, 5.74) is 0.129. The molecule has 0 aliphatic carbocycles. The maximum Gasteiger partial charge on any atom is 0.299 e. The number of ether oxygens (including phenoxy) is 1. The number of nitro groups is 1. The van der Waals surface area contributed by atoms with Gasteiger partial charge >= 0.3 is 0 Å². The van der Waals surface area contributed by atoms with E-state index >= 15 is 0 Å². The van der Waals surface area contributed by atoms with E-state index in [1.807, 2.05) is 0 Å². The molecule has 0 unspecified atom stereocenters. The van der Waals surface area contributed by atoms with Crippen LogP contribution in [0.25, 0.3) is 11.0 Å². The summed E-state index contributed by atoms with van der Waals surface area (Å²) in [6.07, 6.45) is -4.64. The maximum absolute atomic E-state index is 10.9. The second-order valence-corrected chi connectivity index (χ2v) is 4.66. The molecule has 4 atom stereocenters. The first-order valence-corrected chi connectivity index (χ1v) is 6.15. The van der Waals surface area contributed by atoms with Crippen LogP contribution in [0.1, 0.15) is 6.23 Å². The normalized spacial score (nSPS) is 29.1. The number of aliphatic hydroxyl groups is 3. The Hall–Kier alpha value is -2.14. The first-order chi connectivity index (χ1) is 10.0. The summed E-state index contributed by atoms with van der Waals surface area (Å²) in [6, 6.07) is 4.29. The highest BCUT2D eigenvalue weighted by Gasteiger charge is 2.44. The molecule has 3 N–H and O–H groups in total. The van der Waals surface area contributed by atoms with E-state index in [9.17, 15) is 20.3 Å². The largest absolute Gasteiger partial charge is 0.394 e. The van der Waals surface area contributed by atoms with E-state index in [4.69, 9.17) is 9.84 Å². The lowest BCUT2D eigenvalue weighted by atomic mass is 10.1. The van der Waals surface area contributed by atoms with Crippen LogP contribution in [0.2, 0.25) is 0 Å². The summed E-state index contributed by atoms with van der Waals surface area (Å²) in [7, 11) is 0. The monoisotopic (exact) mass is 296 g/mol. The molecule has 1 aliphatic heterocycles. The number of nitro benzene ring substituents is 1. The minimum absolute atomic E-state index is 0.0558. The van der Waals surface area contributed by atoms with Gasteiger partial charge in [0, 0.05) is 6.07 Å². The highest BCUT2D eigenvalue weighted by molar-refractivity contribution is 5.83. The van der Waals surface area contributed by atoms with E-state index in [1.54, 1.807) is 0 Å². The quantitative estimate of drug-likeness (QED) is 0.481. The zero-order valence-corrected chi connectivity index (χ0v) is 10.6. The zero-order valence-electron chi connectivity index (χ0n) is 10.6. The Bertz CT molecular complexity index is 688. The predicted molar refractivity (Wildman–Crippen MR) is 67.2 cm³/mol. The molecule has 2 heterocycles. The lowest BCUT2D eigenvalue weighted by Crippen LogP contribution is -2.33. The molecule has 10 heteroatoms. The van der Waals surface area contributed by atoms with E-state index in [2.05, 4.69) is 10.3 Å². The molecule has 112 valence electrons. The molecule has 0 amide bonds. The Balaban J connectivity index is 2.06. The van der Waals surface area contributed by atoms with Crippen LogP contribution in [0, 0.1) is 10.1 Å². The van der Waals surface area contributed by atoms with Gasteiger partial charge in [-0.15, -0.1) is 5.10 Å². The van der Waals surface area contributed by atoms with Crippen molar-refractivity contribution in [3.05, 3.63) is 28.3 Å². The molecule has 1 saturated heterocycles. The number of hydrogen-bond acceptors (Lipinski definition) is 8. The molecule has 1 aliphatic rings. The molecular weight excluding hydrogens is 284 g/mol. The van der Waals surface area contributed by atoms with Crippen molar-refractivity contribution < 1.29 is 25.0 Å². The van der Waals surface area contributed by atoms with Crippen LogP contribution in [-0.4, -0.2) is 60.2 Å². The standard InChI is InChI=1S/C11H12N4O6/c16-4-7-9(17)10(18)11(21-7)14-5-2-1-3-6(15(19)20)8(5)12-13-14/h1-3,7,9-11,16-18H,4H2/t7-,9+,10-,11-/m0/s1. The van der Waals surface area contributed by atoms with E-state index < -0.39 is 36.1 Å². The minimum atomic E-state index is -1.33. The van der Waals surface area contributed by atoms with Gasteiger partial charge in [-0.05, 0) is 6.07 Å².